The zero-order chi connectivity index (χ0) is 14.4. The number of hydrogen-bond donors (Lipinski definition) is 0. The molecule has 0 amide bonds. The van der Waals surface area contributed by atoms with E-state index in [-0.39, 0.29) is 5.78 Å². The molecule has 106 valence electrons. The molecule has 4 nitrogen and oxygen atoms in total. The van der Waals surface area contributed by atoms with Crippen LogP contribution in [0.4, 0.5) is 0 Å². The number of hydrogen-bond acceptors (Lipinski definition) is 3. The Balaban J connectivity index is 1.93. The van der Waals surface area contributed by atoms with Gasteiger partial charge in [0.2, 0.25) is 0 Å². The normalized spacial score (nSPS) is 10.5. The third-order valence-electron chi connectivity index (χ3n) is 3.03. The second-order valence-electron chi connectivity index (χ2n) is 4.89. The van der Waals surface area contributed by atoms with Crippen molar-refractivity contribution in [3.05, 3.63) is 48.0 Å². The first-order chi connectivity index (χ1) is 9.69. The zero-order valence-corrected chi connectivity index (χ0v) is 12.0. The van der Waals surface area contributed by atoms with E-state index >= 15 is 0 Å². The first-order valence-electron chi connectivity index (χ1n) is 6.89. The molecule has 0 N–H and O–H groups in total. The van der Waals surface area contributed by atoms with Crippen molar-refractivity contribution in [3.8, 4) is 5.75 Å². The van der Waals surface area contributed by atoms with Gasteiger partial charge in [0.1, 0.15) is 18.1 Å². The van der Waals surface area contributed by atoms with Crippen LogP contribution >= 0.6 is 0 Å². The summed E-state index contributed by atoms with van der Waals surface area (Å²) in [5.74, 6) is 0.976. The topological polar surface area (TPSA) is 44.1 Å². The number of ether oxygens (including phenoxy) is 1. The molecule has 0 aliphatic rings. The maximum atomic E-state index is 11.0. The molecule has 0 aliphatic carbocycles. The molecule has 0 fully saturated rings. The van der Waals surface area contributed by atoms with Gasteiger partial charge in [0.05, 0.1) is 18.2 Å². The van der Waals surface area contributed by atoms with Gasteiger partial charge in [-0.25, -0.2) is 4.98 Å². The first kappa shape index (κ1) is 14.3. The van der Waals surface area contributed by atoms with Crippen LogP contribution in [-0.4, -0.2) is 15.3 Å². The van der Waals surface area contributed by atoms with Crippen molar-refractivity contribution in [2.24, 2.45) is 0 Å². The fourth-order valence-electron chi connectivity index (χ4n) is 2.06. The summed E-state index contributed by atoms with van der Waals surface area (Å²) in [4.78, 5) is 15.2. The molecule has 1 aromatic carbocycles. The van der Waals surface area contributed by atoms with Crippen molar-refractivity contribution in [2.75, 3.05) is 0 Å². The minimum Gasteiger partial charge on any atom is -0.487 e. The van der Waals surface area contributed by atoms with Crippen molar-refractivity contribution in [1.82, 2.24) is 9.55 Å². The molecule has 20 heavy (non-hydrogen) atoms. The van der Waals surface area contributed by atoms with E-state index in [1.165, 1.54) is 0 Å². The Bertz CT molecular complexity index is 558. The van der Waals surface area contributed by atoms with Crippen LogP contribution in [0.2, 0.25) is 0 Å². The van der Waals surface area contributed by atoms with E-state index in [9.17, 15) is 4.79 Å². The van der Waals surface area contributed by atoms with E-state index in [0.29, 0.717) is 13.0 Å². The standard InChI is InChI=1S/C16H20N2O2/c1-3-8-18-12-17-10-15(18)11-20-16-6-4-14(5-7-16)9-13(2)19/h4-7,10,12H,3,8-9,11H2,1-2H3. The smallest absolute Gasteiger partial charge is 0.134 e. The highest BCUT2D eigenvalue weighted by Gasteiger charge is 2.03. The van der Waals surface area contributed by atoms with Gasteiger partial charge in [-0.15, -0.1) is 0 Å². The van der Waals surface area contributed by atoms with Crippen molar-refractivity contribution in [1.29, 1.82) is 0 Å². The number of aromatic nitrogens is 2. The van der Waals surface area contributed by atoms with E-state index in [2.05, 4.69) is 16.5 Å². The Kier molecular flexibility index (Phi) is 4.93. The molecule has 0 spiro atoms. The molecule has 0 saturated carbocycles. The highest BCUT2D eigenvalue weighted by Crippen LogP contribution is 2.15. The number of imidazole rings is 1. The number of nitrogens with zero attached hydrogens (tertiary/aromatic N) is 2. The van der Waals surface area contributed by atoms with E-state index < -0.39 is 0 Å². The molecule has 0 radical (unpaired) electrons. The summed E-state index contributed by atoms with van der Waals surface area (Å²) in [7, 11) is 0. The summed E-state index contributed by atoms with van der Waals surface area (Å²) in [5.41, 5.74) is 2.08. The van der Waals surface area contributed by atoms with Crippen LogP contribution in [0.25, 0.3) is 0 Å². The number of carbonyl (C=O) groups is 1. The molecule has 1 aromatic heterocycles. The second kappa shape index (κ2) is 6.89. The lowest BCUT2D eigenvalue weighted by atomic mass is 10.1. The average Bonchev–Trinajstić information content (AvgIpc) is 2.85. The molecule has 0 bridgehead atoms. The fourth-order valence-corrected chi connectivity index (χ4v) is 2.06. The lowest BCUT2D eigenvalue weighted by molar-refractivity contribution is -0.116. The number of benzene rings is 1. The molecule has 4 heteroatoms. The van der Waals surface area contributed by atoms with Crippen molar-refractivity contribution in [2.45, 2.75) is 39.8 Å². The highest BCUT2D eigenvalue weighted by molar-refractivity contribution is 5.78. The van der Waals surface area contributed by atoms with Gasteiger partial charge in [0, 0.05) is 13.0 Å². The van der Waals surface area contributed by atoms with Gasteiger partial charge in [-0.2, -0.15) is 0 Å². The number of carbonyl (C=O) groups excluding carboxylic acids is 1. The molecule has 2 rings (SSSR count). The second-order valence-corrected chi connectivity index (χ2v) is 4.89. The third-order valence-corrected chi connectivity index (χ3v) is 3.03. The lowest BCUT2D eigenvalue weighted by Crippen LogP contribution is -2.05. The average molecular weight is 272 g/mol. The largest absolute Gasteiger partial charge is 0.487 e. The van der Waals surface area contributed by atoms with E-state index in [1.807, 2.05) is 36.8 Å². The van der Waals surface area contributed by atoms with Gasteiger partial charge in [0.25, 0.3) is 0 Å². The zero-order valence-electron chi connectivity index (χ0n) is 12.0. The van der Waals surface area contributed by atoms with E-state index in [4.69, 9.17) is 4.74 Å². The van der Waals surface area contributed by atoms with Crippen LogP contribution in [0.3, 0.4) is 0 Å². The first-order valence-corrected chi connectivity index (χ1v) is 6.89. The fraction of sp³-hybridized carbons (Fsp3) is 0.375. The predicted octanol–water partition coefficient (Wildman–Crippen LogP) is 3.00. The van der Waals surface area contributed by atoms with Crippen LogP contribution in [0, 0.1) is 0 Å². The maximum absolute atomic E-state index is 11.0. The number of rotatable bonds is 7. The number of ketones is 1. The van der Waals surface area contributed by atoms with E-state index in [0.717, 1.165) is 30.0 Å². The lowest BCUT2D eigenvalue weighted by Gasteiger charge is -2.09. The Morgan fingerprint density at radius 1 is 1.30 bits per heavy atom. The summed E-state index contributed by atoms with van der Waals surface area (Å²) in [6, 6.07) is 7.66. The van der Waals surface area contributed by atoms with Crippen molar-refractivity contribution in [3.63, 3.8) is 0 Å². The highest BCUT2D eigenvalue weighted by atomic mass is 16.5. The third kappa shape index (κ3) is 3.95. The molecule has 0 aliphatic heterocycles. The predicted molar refractivity (Wildman–Crippen MR) is 77.7 cm³/mol. The van der Waals surface area contributed by atoms with Gasteiger partial charge in [-0.3, -0.25) is 4.79 Å². The molecule has 0 saturated heterocycles. The van der Waals surface area contributed by atoms with E-state index in [1.54, 1.807) is 6.92 Å². The maximum Gasteiger partial charge on any atom is 0.134 e. The Morgan fingerprint density at radius 2 is 2.05 bits per heavy atom. The van der Waals surface area contributed by atoms with Crippen molar-refractivity contribution >= 4 is 5.78 Å². The van der Waals surface area contributed by atoms with Crippen LogP contribution in [-0.2, 0) is 24.4 Å². The summed E-state index contributed by atoms with van der Waals surface area (Å²) < 4.78 is 7.85. The monoisotopic (exact) mass is 272 g/mol. The molecule has 0 unspecified atom stereocenters. The van der Waals surface area contributed by atoms with Crippen LogP contribution in [0.1, 0.15) is 31.5 Å². The summed E-state index contributed by atoms with van der Waals surface area (Å²) in [6.45, 7) is 5.19. The Morgan fingerprint density at radius 3 is 2.70 bits per heavy atom. The van der Waals surface area contributed by atoms with Crippen LogP contribution < -0.4 is 4.74 Å². The van der Waals surface area contributed by atoms with Gasteiger partial charge < -0.3 is 9.30 Å². The molecular formula is C16H20N2O2. The van der Waals surface area contributed by atoms with Gasteiger partial charge >= 0.3 is 0 Å². The quantitative estimate of drug-likeness (QED) is 0.778. The molecular weight excluding hydrogens is 252 g/mol. The molecule has 1 heterocycles. The number of Topliss-reactive ketones (excluding diaryl/α,β-unsaturated/α-hetero) is 1. The van der Waals surface area contributed by atoms with Gasteiger partial charge in [-0.1, -0.05) is 19.1 Å². The Labute approximate surface area is 119 Å². The minimum atomic E-state index is 0.169. The minimum absolute atomic E-state index is 0.169. The summed E-state index contributed by atoms with van der Waals surface area (Å²) in [5, 5.41) is 0. The molecule has 2 aromatic rings. The SMILES string of the molecule is CCCn1cncc1COc1ccc(CC(C)=O)cc1. The van der Waals surface area contributed by atoms with Gasteiger partial charge in [0.15, 0.2) is 0 Å². The van der Waals surface area contributed by atoms with Crippen LogP contribution in [0.15, 0.2) is 36.8 Å². The summed E-state index contributed by atoms with van der Waals surface area (Å²) >= 11 is 0. The van der Waals surface area contributed by atoms with Crippen molar-refractivity contribution < 1.29 is 9.53 Å². The summed E-state index contributed by atoms with van der Waals surface area (Å²) in [6.07, 6.45) is 5.21. The molecule has 0 atom stereocenters. The van der Waals surface area contributed by atoms with Crippen LogP contribution in [0.5, 0.6) is 5.75 Å². The van der Waals surface area contributed by atoms with Gasteiger partial charge in [-0.05, 0) is 31.0 Å². The Hall–Kier alpha value is -2.10. The number of aryl methyl sites for hydroxylation is 1.